The number of nitrogens with zero attached hydrogens (tertiary/aromatic N) is 5. The minimum Gasteiger partial charge on any atom is -0.493 e. The van der Waals surface area contributed by atoms with E-state index in [1.165, 1.54) is 16.4 Å². The SMILES string of the molecule is CCN(CC)S(=O)(=O)c1ccc(N=Nc2c(O)n(CC(C)C)c3ccccc23)c([N+](=O)[O-])c1. The Balaban J connectivity index is 2.09. The molecule has 3 aromatic rings. The van der Waals surface area contributed by atoms with Crippen LogP contribution in [0, 0.1) is 16.0 Å². The Bertz CT molecular complexity index is 1310. The summed E-state index contributed by atoms with van der Waals surface area (Å²) in [7, 11) is -3.87. The Labute approximate surface area is 192 Å². The predicted molar refractivity (Wildman–Crippen MR) is 126 cm³/mol. The monoisotopic (exact) mass is 473 g/mol. The van der Waals surface area contributed by atoms with Crippen LogP contribution in [0.3, 0.4) is 0 Å². The van der Waals surface area contributed by atoms with Crippen molar-refractivity contribution in [2.45, 2.75) is 39.1 Å². The van der Waals surface area contributed by atoms with Crippen LogP contribution in [-0.2, 0) is 16.6 Å². The molecule has 10 nitrogen and oxygen atoms in total. The highest BCUT2D eigenvalue weighted by Gasteiger charge is 2.26. The van der Waals surface area contributed by atoms with Crippen molar-refractivity contribution in [3.05, 3.63) is 52.6 Å². The largest absolute Gasteiger partial charge is 0.493 e. The van der Waals surface area contributed by atoms with Crippen molar-refractivity contribution in [1.82, 2.24) is 8.87 Å². The van der Waals surface area contributed by atoms with E-state index < -0.39 is 20.6 Å². The van der Waals surface area contributed by atoms with E-state index in [4.69, 9.17) is 0 Å². The van der Waals surface area contributed by atoms with E-state index in [9.17, 15) is 23.6 Å². The number of benzene rings is 2. The van der Waals surface area contributed by atoms with Crippen LogP contribution in [0.15, 0.2) is 57.6 Å². The van der Waals surface area contributed by atoms with Gasteiger partial charge in [-0.3, -0.25) is 10.1 Å². The number of sulfonamides is 1. The lowest BCUT2D eigenvalue weighted by molar-refractivity contribution is -0.384. The summed E-state index contributed by atoms with van der Waals surface area (Å²) in [5.41, 5.74) is 0.365. The molecule has 1 N–H and O–H groups in total. The van der Waals surface area contributed by atoms with Gasteiger partial charge in [0.15, 0.2) is 11.4 Å². The maximum absolute atomic E-state index is 12.8. The summed E-state index contributed by atoms with van der Waals surface area (Å²) in [6, 6.07) is 10.8. The summed E-state index contributed by atoms with van der Waals surface area (Å²) in [5.74, 6) is 0.176. The molecule has 0 aliphatic rings. The lowest BCUT2D eigenvalue weighted by atomic mass is 10.2. The first-order valence-corrected chi connectivity index (χ1v) is 12.1. The number of aromatic nitrogens is 1. The number of hydrogen-bond donors (Lipinski definition) is 1. The van der Waals surface area contributed by atoms with Crippen LogP contribution < -0.4 is 0 Å². The molecule has 11 heteroatoms. The summed E-state index contributed by atoms with van der Waals surface area (Å²) in [4.78, 5) is 10.8. The van der Waals surface area contributed by atoms with E-state index in [1.807, 2.05) is 26.0 Å². The van der Waals surface area contributed by atoms with Crippen molar-refractivity contribution in [2.24, 2.45) is 16.1 Å². The first kappa shape index (κ1) is 24.3. The molecular weight excluding hydrogens is 446 g/mol. The van der Waals surface area contributed by atoms with Crippen molar-refractivity contribution in [2.75, 3.05) is 13.1 Å². The lowest BCUT2D eigenvalue weighted by Gasteiger charge is -2.18. The van der Waals surface area contributed by atoms with E-state index in [-0.39, 0.29) is 41.2 Å². The van der Waals surface area contributed by atoms with Crippen LogP contribution in [-0.4, -0.2) is 40.4 Å². The number of aromatic hydroxyl groups is 1. The minimum atomic E-state index is -3.87. The summed E-state index contributed by atoms with van der Waals surface area (Å²) in [5, 5.41) is 31.2. The van der Waals surface area contributed by atoms with Crippen molar-refractivity contribution < 1.29 is 18.4 Å². The third-order valence-electron chi connectivity index (χ3n) is 5.21. The lowest BCUT2D eigenvalue weighted by Crippen LogP contribution is -2.30. The molecule has 0 saturated carbocycles. The van der Waals surface area contributed by atoms with Crippen LogP contribution in [0.2, 0.25) is 0 Å². The van der Waals surface area contributed by atoms with Crippen molar-refractivity contribution in [3.8, 4) is 5.88 Å². The highest BCUT2D eigenvalue weighted by Crippen LogP contribution is 2.41. The molecule has 176 valence electrons. The van der Waals surface area contributed by atoms with Crippen LogP contribution in [0.5, 0.6) is 5.88 Å². The zero-order valence-corrected chi connectivity index (χ0v) is 19.8. The molecule has 0 aliphatic carbocycles. The van der Waals surface area contributed by atoms with E-state index in [1.54, 1.807) is 30.5 Å². The quantitative estimate of drug-likeness (QED) is 0.254. The van der Waals surface area contributed by atoms with Gasteiger partial charge in [0, 0.05) is 31.1 Å². The molecule has 0 atom stereocenters. The Morgan fingerprint density at radius 2 is 1.79 bits per heavy atom. The molecule has 0 radical (unpaired) electrons. The normalized spacial score (nSPS) is 12.4. The first-order valence-electron chi connectivity index (χ1n) is 10.6. The van der Waals surface area contributed by atoms with Gasteiger partial charge in [-0.15, -0.1) is 10.2 Å². The molecule has 1 aromatic heterocycles. The van der Waals surface area contributed by atoms with Crippen molar-refractivity contribution in [1.29, 1.82) is 0 Å². The van der Waals surface area contributed by atoms with Crippen molar-refractivity contribution in [3.63, 3.8) is 0 Å². The fraction of sp³-hybridized carbons (Fsp3) is 0.364. The van der Waals surface area contributed by atoms with Crippen LogP contribution >= 0.6 is 0 Å². The molecule has 0 aliphatic heterocycles. The Morgan fingerprint density at radius 1 is 1.12 bits per heavy atom. The minimum absolute atomic E-state index is 0.0861. The van der Waals surface area contributed by atoms with Crippen LogP contribution in [0.1, 0.15) is 27.7 Å². The van der Waals surface area contributed by atoms with Crippen LogP contribution in [0.25, 0.3) is 10.9 Å². The Morgan fingerprint density at radius 3 is 2.39 bits per heavy atom. The number of rotatable bonds is 9. The summed E-state index contributed by atoms with van der Waals surface area (Å²) >= 11 is 0. The van der Waals surface area contributed by atoms with Crippen molar-refractivity contribution >= 4 is 38.0 Å². The Kier molecular flexibility index (Phi) is 7.13. The second kappa shape index (κ2) is 9.67. The number of nitro benzene ring substituents is 1. The molecule has 0 bridgehead atoms. The molecule has 0 spiro atoms. The molecule has 0 saturated heterocycles. The van der Waals surface area contributed by atoms with E-state index in [2.05, 4.69) is 10.2 Å². The van der Waals surface area contributed by atoms with Gasteiger partial charge in [0.25, 0.3) is 5.69 Å². The summed E-state index contributed by atoms with van der Waals surface area (Å²) < 4.78 is 28.5. The maximum atomic E-state index is 12.8. The molecule has 0 fully saturated rings. The molecule has 33 heavy (non-hydrogen) atoms. The molecule has 0 amide bonds. The third-order valence-corrected chi connectivity index (χ3v) is 7.26. The van der Waals surface area contributed by atoms with Gasteiger partial charge in [-0.1, -0.05) is 45.9 Å². The highest BCUT2D eigenvalue weighted by atomic mass is 32.2. The van der Waals surface area contributed by atoms with E-state index >= 15 is 0 Å². The Hall–Kier alpha value is -3.31. The van der Waals surface area contributed by atoms with Gasteiger partial charge in [-0.25, -0.2) is 8.42 Å². The zero-order chi connectivity index (χ0) is 24.3. The topological polar surface area (TPSA) is 130 Å². The smallest absolute Gasteiger partial charge is 0.298 e. The molecular formula is C22H27N5O5S. The van der Waals surface area contributed by atoms with Gasteiger partial charge in [0.2, 0.25) is 15.9 Å². The molecule has 3 rings (SSSR count). The average Bonchev–Trinajstić information content (AvgIpc) is 3.03. The van der Waals surface area contributed by atoms with Gasteiger partial charge < -0.3 is 9.67 Å². The van der Waals surface area contributed by atoms with Gasteiger partial charge in [-0.2, -0.15) is 4.31 Å². The van der Waals surface area contributed by atoms with Gasteiger partial charge >= 0.3 is 0 Å². The van der Waals surface area contributed by atoms with Gasteiger partial charge in [0.1, 0.15) is 0 Å². The molecule has 1 heterocycles. The van der Waals surface area contributed by atoms with Gasteiger partial charge in [0.05, 0.1) is 15.3 Å². The molecule has 2 aromatic carbocycles. The fourth-order valence-corrected chi connectivity index (χ4v) is 5.11. The third kappa shape index (κ3) is 4.74. The number of fused-ring (bicyclic) bond motifs is 1. The highest BCUT2D eigenvalue weighted by molar-refractivity contribution is 7.89. The molecule has 0 unspecified atom stereocenters. The number of nitro groups is 1. The average molecular weight is 474 g/mol. The van der Waals surface area contributed by atoms with E-state index in [0.29, 0.717) is 11.9 Å². The first-order chi connectivity index (χ1) is 15.6. The summed E-state index contributed by atoms with van der Waals surface area (Å²) in [6.45, 7) is 8.47. The fourth-order valence-electron chi connectivity index (χ4n) is 3.63. The second-order valence-electron chi connectivity index (χ2n) is 7.89. The predicted octanol–water partition coefficient (Wildman–Crippen LogP) is 5.36. The van der Waals surface area contributed by atoms with E-state index in [0.717, 1.165) is 11.6 Å². The number of azo groups is 1. The number of para-hydroxylation sites is 1. The number of hydrogen-bond acceptors (Lipinski definition) is 7. The zero-order valence-electron chi connectivity index (χ0n) is 19.0. The maximum Gasteiger partial charge on any atom is 0.298 e. The second-order valence-corrected chi connectivity index (χ2v) is 9.83. The summed E-state index contributed by atoms with van der Waals surface area (Å²) in [6.07, 6.45) is 0. The van der Waals surface area contributed by atoms with Gasteiger partial charge in [-0.05, 0) is 24.1 Å². The van der Waals surface area contributed by atoms with Crippen LogP contribution in [0.4, 0.5) is 17.1 Å². The standard InChI is InChI=1S/C22H27N5O5S/c1-5-25(6-2)33(31,32)16-11-12-18(20(13-16)27(29)30)23-24-21-17-9-7-8-10-19(17)26(22(21)28)14-15(3)4/h7-13,15,28H,5-6,14H2,1-4H3.